The van der Waals surface area contributed by atoms with E-state index in [1.54, 1.807) is 12.3 Å². The van der Waals surface area contributed by atoms with Crippen LogP contribution in [0.3, 0.4) is 0 Å². The topological polar surface area (TPSA) is 58.9 Å². The summed E-state index contributed by atoms with van der Waals surface area (Å²) >= 11 is 0. The van der Waals surface area contributed by atoms with Gasteiger partial charge in [0.1, 0.15) is 0 Å². The Bertz CT molecular complexity index is 267. The minimum absolute atomic E-state index is 0.0421. The summed E-state index contributed by atoms with van der Waals surface area (Å²) in [6.45, 7) is 0.673. The summed E-state index contributed by atoms with van der Waals surface area (Å²) in [5.41, 5.74) is 6.34. The number of hydrogen-bond donors (Lipinski definition) is 2. The zero-order valence-corrected chi connectivity index (χ0v) is 6.34. The molecule has 0 radical (unpaired) electrons. The molecule has 0 aromatic carbocycles. The summed E-state index contributed by atoms with van der Waals surface area (Å²) in [5.74, 6) is 0. The van der Waals surface area contributed by atoms with E-state index in [4.69, 9.17) is 5.73 Å². The molecule has 1 rings (SSSR count). The van der Waals surface area contributed by atoms with Gasteiger partial charge in [0.05, 0.1) is 0 Å². The summed E-state index contributed by atoms with van der Waals surface area (Å²) in [5, 5.41) is 0. The van der Waals surface area contributed by atoms with Gasteiger partial charge >= 0.3 is 0 Å². The van der Waals surface area contributed by atoms with Crippen molar-refractivity contribution in [3.63, 3.8) is 0 Å². The van der Waals surface area contributed by atoms with E-state index >= 15 is 0 Å². The van der Waals surface area contributed by atoms with Crippen LogP contribution in [0.1, 0.15) is 12.0 Å². The lowest BCUT2D eigenvalue weighted by Gasteiger charge is -1.96. The first-order valence-corrected chi connectivity index (χ1v) is 3.70. The van der Waals surface area contributed by atoms with Crippen LogP contribution in [0.2, 0.25) is 0 Å². The number of nitrogens with two attached hydrogens (primary N) is 1. The lowest BCUT2D eigenvalue weighted by molar-refractivity contribution is 0.829. The molecule has 0 fully saturated rings. The molecule has 3 N–H and O–H groups in total. The van der Waals surface area contributed by atoms with Crippen molar-refractivity contribution in [2.24, 2.45) is 5.73 Å². The second-order valence-corrected chi connectivity index (χ2v) is 2.45. The maximum atomic E-state index is 10.8. The van der Waals surface area contributed by atoms with Crippen molar-refractivity contribution >= 4 is 0 Å². The van der Waals surface area contributed by atoms with Crippen LogP contribution in [0, 0.1) is 0 Å². The zero-order chi connectivity index (χ0) is 8.10. The van der Waals surface area contributed by atoms with Crippen LogP contribution in [0.15, 0.2) is 23.1 Å². The third-order valence-electron chi connectivity index (χ3n) is 1.51. The zero-order valence-electron chi connectivity index (χ0n) is 6.34. The fraction of sp³-hybridized carbons (Fsp3) is 0.375. The van der Waals surface area contributed by atoms with Gasteiger partial charge in [-0.25, -0.2) is 0 Å². The largest absolute Gasteiger partial charge is 0.330 e. The van der Waals surface area contributed by atoms with Gasteiger partial charge in [-0.1, -0.05) is 0 Å². The van der Waals surface area contributed by atoms with E-state index in [-0.39, 0.29) is 5.56 Å². The summed E-state index contributed by atoms with van der Waals surface area (Å²) < 4.78 is 0. The molecule has 0 atom stereocenters. The Hall–Kier alpha value is -1.09. The standard InChI is InChI=1S/C8H12N2O/c9-4-1-2-7-3-5-10-8(11)6-7/h3,5-6H,1-2,4,9H2,(H,10,11). The molecule has 3 heteroatoms. The van der Waals surface area contributed by atoms with Crippen LogP contribution in [0.25, 0.3) is 0 Å². The minimum atomic E-state index is -0.0421. The molecular weight excluding hydrogens is 140 g/mol. The highest BCUT2D eigenvalue weighted by Gasteiger charge is 1.91. The Labute approximate surface area is 65.2 Å². The van der Waals surface area contributed by atoms with Crippen molar-refractivity contribution in [1.29, 1.82) is 0 Å². The second kappa shape index (κ2) is 3.93. The van der Waals surface area contributed by atoms with Gasteiger partial charge in [-0.15, -0.1) is 0 Å². The number of pyridine rings is 1. The molecule has 1 heterocycles. The maximum absolute atomic E-state index is 10.8. The molecule has 1 aromatic heterocycles. The first kappa shape index (κ1) is 8.01. The molecule has 11 heavy (non-hydrogen) atoms. The maximum Gasteiger partial charge on any atom is 0.248 e. The highest BCUT2D eigenvalue weighted by molar-refractivity contribution is 5.09. The number of rotatable bonds is 3. The molecular formula is C8H12N2O. The highest BCUT2D eigenvalue weighted by atomic mass is 16.1. The molecule has 0 aliphatic carbocycles. The van der Waals surface area contributed by atoms with Crippen LogP contribution >= 0.6 is 0 Å². The minimum Gasteiger partial charge on any atom is -0.330 e. The molecule has 0 aliphatic heterocycles. The van der Waals surface area contributed by atoms with E-state index in [2.05, 4.69) is 4.98 Å². The molecule has 0 aliphatic rings. The van der Waals surface area contributed by atoms with E-state index in [1.807, 2.05) is 6.07 Å². The van der Waals surface area contributed by atoms with Crippen LogP contribution < -0.4 is 11.3 Å². The Morgan fingerprint density at radius 3 is 3.00 bits per heavy atom. The Morgan fingerprint density at radius 2 is 2.36 bits per heavy atom. The molecule has 0 spiro atoms. The second-order valence-electron chi connectivity index (χ2n) is 2.45. The predicted octanol–water partition coefficient (Wildman–Crippen LogP) is 0.266. The number of aromatic nitrogens is 1. The van der Waals surface area contributed by atoms with Crippen LogP contribution in [-0.2, 0) is 6.42 Å². The monoisotopic (exact) mass is 152 g/mol. The van der Waals surface area contributed by atoms with Gasteiger partial charge in [0.15, 0.2) is 0 Å². The summed E-state index contributed by atoms with van der Waals surface area (Å²) in [7, 11) is 0. The quantitative estimate of drug-likeness (QED) is 0.653. The van der Waals surface area contributed by atoms with Gasteiger partial charge in [-0.05, 0) is 31.0 Å². The summed E-state index contributed by atoms with van der Waals surface area (Å²) in [4.78, 5) is 13.3. The molecule has 60 valence electrons. The Balaban J connectivity index is 2.64. The van der Waals surface area contributed by atoms with Gasteiger partial charge in [-0.3, -0.25) is 4.79 Å². The van der Waals surface area contributed by atoms with Crippen molar-refractivity contribution in [3.8, 4) is 0 Å². The lowest BCUT2D eigenvalue weighted by Crippen LogP contribution is -2.06. The van der Waals surface area contributed by atoms with E-state index < -0.39 is 0 Å². The van der Waals surface area contributed by atoms with Crippen molar-refractivity contribution in [2.75, 3.05) is 6.54 Å². The van der Waals surface area contributed by atoms with Crippen LogP contribution in [0.4, 0.5) is 0 Å². The van der Waals surface area contributed by atoms with Gasteiger partial charge in [-0.2, -0.15) is 0 Å². The van der Waals surface area contributed by atoms with Gasteiger partial charge in [0, 0.05) is 12.3 Å². The highest BCUT2D eigenvalue weighted by Crippen LogP contribution is 1.96. The first-order valence-electron chi connectivity index (χ1n) is 3.70. The van der Waals surface area contributed by atoms with Gasteiger partial charge in [0.25, 0.3) is 0 Å². The van der Waals surface area contributed by atoms with E-state index in [9.17, 15) is 4.79 Å². The van der Waals surface area contributed by atoms with E-state index in [0.29, 0.717) is 6.54 Å². The average molecular weight is 152 g/mol. The summed E-state index contributed by atoms with van der Waals surface area (Å²) in [6.07, 6.45) is 3.48. The number of H-pyrrole nitrogens is 1. The van der Waals surface area contributed by atoms with Crippen molar-refractivity contribution in [2.45, 2.75) is 12.8 Å². The van der Waals surface area contributed by atoms with Crippen molar-refractivity contribution in [3.05, 3.63) is 34.2 Å². The number of nitrogens with one attached hydrogen (secondary N) is 1. The normalized spacial score (nSPS) is 9.91. The van der Waals surface area contributed by atoms with E-state index in [0.717, 1.165) is 18.4 Å². The molecule has 3 nitrogen and oxygen atoms in total. The first-order chi connectivity index (χ1) is 5.33. The predicted molar refractivity (Wildman–Crippen MR) is 44.4 cm³/mol. The van der Waals surface area contributed by atoms with Crippen LogP contribution in [0.5, 0.6) is 0 Å². The molecule has 0 saturated carbocycles. The smallest absolute Gasteiger partial charge is 0.248 e. The Morgan fingerprint density at radius 1 is 1.55 bits per heavy atom. The molecule has 0 bridgehead atoms. The fourth-order valence-corrected chi connectivity index (χ4v) is 0.951. The fourth-order valence-electron chi connectivity index (χ4n) is 0.951. The number of aryl methyl sites for hydroxylation is 1. The SMILES string of the molecule is NCCCc1cc[nH]c(=O)c1. The molecule has 0 saturated heterocycles. The number of hydrogen-bond acceptors (Lipinski definition) is 2. The van der Waals surface area contributed by atoms with Crippen molar-refractivity contribution < 1.29 is 0 Å². The van der Waals surface area contributed by atoms with E-state index in [1.165, 1.54) is 0 Å². The average Bonchev–Trinajstić information content (AvgIpc) is 2.01. The third kappa shape index (κ3) is 2.55. The molecule has 0 unspecified atom stereocenters. The van der Waals surface area contributed by atoms with Crippen LogP contribution in [-0.4, -0.2) is 11.5 Å². The lowest BCUT2D eigenvalue weighted by atomic mass is 10.1. The van der Waals surface area contributed by atoms with Gasteiger partial charge < -0.3 is 10.7 Å². The summed E-state index contributed by atoms with van der Waals surface area (Å²) in [6, 6.07) is 3.51. The molecule has 0 amide bonds. The third-order valence-corrected chi connectivity index (χ3v) is 1.51. The number of aromatic amines is 1. The molecule has 1 aromatic rings. The Kier molecular flexibility index (Phi) is 2.86. The van der Waals surface area contributed by atoms with Gasteiger partial charge in [0.2, 0.25) is 5.56 Å². The van der Waals surface area contributed by atoms with Crippen molar-refractivity contribution in [1.82, 2.24) is 4.98 Å².